The zero-order valence-corrected chi connectivity index (χ0v) is 12.2. The summed E-state index contributed by atoms with van der Waals surface area (Å²) in [7, 11) is -1.42. The SMILES string of the molecule is C=C[Si](OC)(ONC(C)=CC)ONC(C)=CC. The third kappa shape index (κ3) is 5.69. The van der Waals surface area contributed by atoms with Crippen LogP contribution in [0.1, 0.15) is 27.7 Å². The van der Waals surface area contributed by atoms with Crippen LogP contribution in [0.15, 0.2) is 35.8 Å². The van der Waals surface area contributed by atoms with E-state index in [2.05, 4.69) is 17.5 Å². The first kappa shape index (κ1) is 15.9. The number of nitrogens with one attached hydrogen (secondary N) is 2. The highest BCUT2D eigenvalue weighted by Gasteiger charge is 2.39. The van der Waals surface area contributed by atoms with Crippen molar-refractivity contribution in [1.29, 1.82) is 0 Å². The van der Waals surface area contributed by atoms with Gasteiger partial charge in [0.1, 0.15) is 0 Å². The van der Waals surface area contributed by atoms with Gasteiger partial charge < -0.3 is 4.43 Å². The molecule has 0 saturated heterocycles. The maximum Gasteiger partial charge on any atom is 0.572 e. The first-order chi connectivity index (χ1) is 8.03. The predicted octanol–water partition coefficient (Wildman–Crippen LogP) is 2.19. The Hall–Kier alpha value is -1.08. The van der Waals surface area contributed by atoms with Crippen molar-refractivity contribution in [3.63, 3.8) is 0 Å². The van der Waals surface area contributed by atoms with Gasteiger partial charge in [0.25, 0.3) is 0 Å². The lowest BCUT2D eigenvalue weighted by atomic mass is 10.5. The number of hydrogen-bond acceptors (Lipinski definition) is 5. The molecule has 0 aromatic carbocycles. The Labute approximate surface area is 104 Å². The van der Waals surface area contributed by atoms with Crippen LogP contribution in [0.3, 0.4) is 0 Å². The minimum atomic E-state index is -2.94. The van der Waals surface area contributed by atoms with Gasteiger partial charge in [-0.2, -0.15) is 0 Å². The summed E-state index contributed by atoms with van der Waals surface area (Å²) in [5.41, 5.74) is 8.79. The average Bonchev–Trinajstić information content (AvgIpc) is 2.38. The molecule has 0 amide bonds. The topological polar surface area (TPSA) is 51.8 Å². The summed E-state index contributed by atoms with van der Waals surface area (Å²) in [6.07, 6.45) is 3.76. The standard InChI is InChI=1S/C11H22N2O3Si/c1-7-10(4)12-15-17(9-3,14-6)16-13-11(5)8-2/h7-9,12-13H,3H2,1-2,4-6H3. The normalized spacial score (nSPS) is 16.3. The van der Waals surface area contributed by atoms with Crippen LogP contribution in [-0.4, -0.2) is 15.9 Å². The summed E-state index contributed by atoms with van der Waals surface area (Å²) in [5.74, 6) is 0. The quantitative estimate of drug-likeness (QED) is 0.516. The second-order valence-electron chi connectivity index (χ2n) is 3.36. The number of hydroxylamine groups is 2. The maximum atomic E-state index is 5.44. The van der Waals surface area contributed by atoms with Crippen molar-refractivity contribution in [2.75, 3.05) is 7.11 Å². The van der Waals surface area contributed by atoms with Crippen LogP contribution in [0.5, 0.6) is 0 Å². The Kier molecular flexibility index (Phi) is 7.56. The molecule has 0 aliphatic rings. The number of rotatable bonds is 8. The molecule has 17 heavy (non-hydrogen) atoms. The zero-order valence-electron chi connectivity index (χ0n) is 11.2. The maximum absolute atomic E-state index is 5.44. The molecule has 0 aromatic heterocycles. The molecule has 0 fully saturated rings. The largest absolute Gasteiger partial charge is 0.572 e. The Morgan fingerprint density at radius 1 is 1.06 bits per heavy atom. The van der Waals surface area contributed by atoms with E-state index in [0.29, 0.717) is 0 Å². The van der Waals surface area contributed by atoms with Crippen LogP contribution >= 0.6 is 0 Å². The van der Waals surface area contributed by atoms with Crippen molar-refractivity contribution in [2.45, 2.75) is 27.7 Å². The van der Waals surface area contributed by atoms with Crippen molar-refractivity contribution in [1.82, 2.24) is 11.0 Å². The Morgan fingerprint density at radius 3 is 1.71 bits per heavy atom. The number of allylic oxidation sites excluding steroid dienone is 4. The van der Waals surface area contributed by atoms with Gasteiger partial charge in [-0.3, -0.25) is 20.0 Å². The molecule has 0 unspecified atom stereocenters. The lowest BCUT2D eigenvalue weighted by Gasteiger charge is -2.25. The van der Waals surface area contributed by atoms with Gasteiger partial charge in [-0.05, 0) is 33.4 Å². The molecule has 0 aromatic rings. The van der Waals surface area contributed by atoms with Gasteiger partial charge in [0, 0.05) is 18.5 Å². The van der Waals surface area contributed by atoms with E-state index in [1.54, 1.807) is 5.70 Å². The van der Waals surface area contributed by atoms with Gasteiger partial charge in [0.05, 0.1) is 0 Å². The molecule has 0 saturated carbocycles. The molecule has 2 N–H and O–H groups in total. The molecule has 0 aliphatic heterocycles. The third-order valence-electron chi connectivity index (χ3n) is 2.11. The molecule has 6 heteroatoms. The average molecular weight is 258 g/mol. The summed E-state index contributed by atoms with van der Waals surface area (Å²) in [6, 6.07) is 0. The molecule has 0 spiro atoms. The van der Waals surface area contributed by atoms with E-state index in [4.69, 9.17) is 13.5 Å². The molecule has 0 atom stereocenters. The molecule has 98 valence electrons. The van der Waals surface area contributed by atoms with Gasteiger partial charge in [0.15, 0.2) is 0 Å². The first-order valence-corrected chi connectivity index (χ1v) is 7.16. The highest BCUT2D eigenvalue weighted by Crippen LogP contribution is 2.08. The summed E-state index contributed by atoms with van der Waals surface area (Å²) >= 11 is 0. The van der Waals surface area contributed by atoms with E-state index in [0.717, 1.165) is 11.4 Å². The zero-order chi connectivity index (χ0) is 13.3. The Bertz CT molecular complexity index is 281. The fraction of sp³-hybridized carbons (Fsp3) is 0.455. The van der Waals surface area contributed by atoms with Gasteiger partial charge in [-0.25, -0.2) is 0 Å². The fourth-order valence-corrected chi connectivity index (χ4v) is 1.84. The molecule has 0 bridgehead atoms. The predicted molar refractivity (Wildman–Crippen MR) is 70.3 cm³/mol. The first-order valence-electron chi connectivity index (χ1n) is 5.36. The summed E-state index contributed by atoms with van der Waals surface area (Å²) in [4.78, 5) is 0. The minimum Gasteiger partial charge on any atom is -0.372 e. The molecule has 0 heterocycles. The summed E-state index contributed by atoms with van der Waals surface area (Å²) in [6.45, 7) is 11.2. The summed E-state index contributed by atoms with van der Waals surface area (Å²) < 4.78 is 16.2. The van der Waals surface area contributed by atoms with Crippen molar-refractivity contribution in [3.05, 3.63) is 35.8 Å². The van der Waals surface area contributed by atoms with Crippen LogP contribution in [0.25, 0.3) is 0 Å². The van der Waals surface area contributed by atoms with Crippen molar-refractivity contribution in [3.8, 4) is 0 Å². The van der Waals surface area contributed by atoms with E-state index in [-0.39, 0.29) is 0 Å². The molecule has 0 rings (SSSR count). The molecule has 0 aliphatic carbocycles. The Morgan fingerprint density at radius 2 is 1.47 bits per heavy atom. The van der Waals surface area contributed by atoms with E-state index >= 15 is 0 Å². The second kappa shape index (κ2) is 8.07. The van der Waals surface area contributed by atoms with Gasteiger partial charge in [-0.15, -0.1) is 0 Å². The minimum absolute atomic E-state index is 0.868. The lowest BCUT2D eigenvalue weighted by Crippen LogP contribution is -2.49. The van der Waals surface area contributed by atoms with Crippen LogP contribution in [-0.2, 0) is 13.5 Å². The monoisotopic (exact) mass is 258 g/mol. The molecular formula is C11H22N2O3Si. The lowest BCUT2D eigenvalue weighted by molar-refractivity contribution is 0.0287. The van der Waals surface area contributed by atoms with E-state index in [1.165, 1.54) is 7.11 Å². The second-order valence-corrected chi connectivity index (χ2v) is 5.80. The summed E-state index contributed by atoms with van der Waals surface area (Å²) in [5, 5.41) is 0. The molecular weight excluding hydrogens is 236 g/mol. The highest BCUT2D eigenvalue weighted by atomic mass is 28.4. The Balaban J connectivity index is 4.50. The van der Waals surface area contributed by atoms with Crippen LogP contribution in [0.2, 0.25) is 0 Å². The molecule has 0 radical (unpaired) electrons. The van der Waals surface area contributed by atoms with Gasteiger partial charge in [0.2, 0.25) is 0 Å². The van der Waals surface area contributed by atoms with Crippen LogP contribution in [0, 0.1) is 0 Å². The van der Waals surface area contributed by atoms with Gasteiger partial charge >= 0.3 is 8.80 Å². The highest BCUT2D eigenvalue weighted by molar-refractivity contribution is 6.65. The number of hydrogen-bond donors (Lipinski definition) is 2. The van der Waals surface area contributed by atoms with Crippen LogP contribution < -0.4 is 11.0 Å². The van der Waals surface area contributed by atoms with Crippen molar-refractivity contribution in [2.24, 2.45) is 0 Å². The smallest absolute Gasteiger partial charge is 0.372 e. The van der Waals surface area contributed by atoms with E-state index < -0.39 is 8.80 Å². The van der Waals surface area contributed by atoms with Crippen molar-refractivity contribution >= 4 is 8.80 Å². The van der Waals surface area contributed by atoms with E-state index in [1.807, 2.05) is 39.8 Å². The van der Waals surface area contributed by atoms with Crippen molar-refractivity contribution < 1.29 is 13.5 Å². The third-order valence-corrected chi connectivity index (χ3v) is 3.95. The molecule has 5 nitrogen and oxygen atoms in total. The van der Waals surface area contributed by atoms with Gasteiger partial charge in [-0.1, -0.05) is 18.7 Å². The van der Waals surface area contributed by atoms with E-state index in [9.17, 15) is 0 Å². The van der Waals surface area contributed by atoms with Crippen LogP contribution in [0.4, 0.5) is 0 Å². The fourth-order valence-electron chi connectivity index (χ4n) is 0.692.